The number of fused-ring (bicyclic) bond motifs is 4. The van der Waals surface area contributed by atoms with Gasteiger partial charge in [-0.2, -0.15) is 0 Å². The minimum atomic E-state index is -0.782. The van der Waals surface area contributed by atoms with Crippen LogP contribution < -0.4 is 0 Å². The van der Waals surface area contributed by atoms with Crippen molar-refractivity contribution in [3.05, 3.63) is 47.5 Å². The highest BCUT2D eigenvalue weighted by molar-refractivity contribution is 9.10. The molecule has 0 fully saturated rings. The summed E-state index contributed by atoms with van der Waals surface area (Å²) >= 11 is 3.43. The van der Waals surface area contributed by atoms with E-state index < -0.39 is 4.32 Å². The van der Waals surface area contributed by atoms with Gasteiger partial charge in [0.05, 0.1) is 5.92 Å². The number of carbonyl (C=O) groups is 2. The van der Waals surface area contributed by atoms with Gasteiger partial charge in [-0.15, -0.1) is 0 Å². The third-order valence-corrected chi connectivity index (χ3v) is 4.38. The Bertz CT molecular complexity index is 518. The zero-order valence-electron chi connectivity index (χ0n) is 7.74. The van der Waals surface area contributed by atoms with Gasteiger partial charge in [0.25, 0.3) is 0 Å². The number of halogens is 1. The monoisotopic (exact) mass is 262 g/mol. The minimum Gasteiger partial charge on any atom is -0.294 e. The molecule has 1 aromatic carbocycles. The number of rotatable bonds is 0. The van der Waals surface area contributed by atoms with E-state index in [4.69, 9.17) is 0 Å². The third-order valence-electron chi connectivity index (χ3n) is 3.10. The number of ketones is 2. The molecule has 0 spiro atoms. The fourth-order valence-corrected chi connectivity index (χ4v) is 3.34. The Balaban J connectivity index is 2.28. The van der Waals surface area contributed by atoms with Crippen LogP contribution in [0.3, 0.4) is 0 Å². The molecule has 74 valence electrons. The van der Waals surface area contributed by atoms with E-state index in [0.29, 0.717) is 0 Å². The van der Waals surface area contributed by atoms with Crippen LogP contribution in [0.5, 0.6) is 0 Å². The van der Waals surface area contributed by atoms with E-state index in [9.17, 15) is 9.59 Å². The normalized spacial score (nSPS) is 31.9. The Labute approximate surface area is 95.1 Å². The van der Waals surface area contributed by atoms with E-state index in [1.807, 2.05) is 24.3 Å². The molecule has 2 aliphatic carbocycles. The molecule has 1 aromatic rings. The molecule has 3 rings (SSSR count). The maximum Gasteiger partial charge on any atom is 0.178 e. The van der Waals surface area contributed by atoms with Gasteiger partial charge in [0.1, 0.15) is 4.32 Å². The van der Waals surface area contributed by atoms with Crippen LogP contribution >= 0.6 is 15.9 Å². The SMILES string of the molecule is O=C1C=CC(=O)[C@]2(Br)c3ccccc3[C@H]12. The van der Waals surface area contributed by atoms with E-state index in [2.05, 4.69) is 15.9 Å². The molecule has 0 saturated carbocycles. The number of carbonyl (C=O) groups excluding carboxylic acids is 2. The number of hydrogen-bond acceptors (Lipinski definition) is 2. The summed E-state index contributed by atoms with van der Waals surface area (Å²) in [4.78, 5) is 23.5. The molecule has 0 heterocycles. The van der Waals surface area contributed by atoms with Crippen molar-refractivity contribution in [3.8, 4) is 0 Å². The van der Waals surface area contributed by atoms with E-state index in [0.717, 1.165) is 11.1 Å². The van der Waals surface area contributed by atoms with Crippen LogP contribution in [0, 0.1) is 0 Å². The summed E-state index contributed by atoms with van der Waals surface area (Å²) in [6.07, 6.45) is 2.74. The summed E-state index contributed by atoms with van der Waals surface area (Å²) in [6.45, 7) is 0. The molecule has 0 amide bonds. The highest BCUT2D eigenvalue weighted by Crippen LogP contribution is 2.58. The summed E-state index contributed by atoms with van der Waals surface area (Å²) in [7, 11) is 0. The van der Waals surface area contributed by atoms with E-state index >= 15 is 0 Å². The summed E-state index contributed by atoms with van der Waals surface area (Å²) in [5.74, 6) is -0.359. The molecule has 0 unspecified atom stereocenters. The first-order chi connectivity index (χ1) is 7.15. The van der Waals surface area contributed by atoms with Crippen molar-refractivity contribution in [2.45, 2.75) is 10.2 Å². The molecule has 0 aromatic heterocycles. The Morgan fingerprint density at radius 2 is 1.87 bits per heavy atom. The first-order valence-corrected chi connectivity index (χ1v) is 5.49. The van der Waals surface area contributed by atoms with Gasteiger partial charge < -0.3 is 0 Å². The van der Waals surface area contributed by atoms with Gasteiger partial charge in [0.15, 0.2) is 11.6 Å². The number of alkyl halides is 1. The lowest BCUT2D eigenvalue weighted by Gasteiger charge is -2.45. The minimum absolute atomic E-state index is 0.00479. The smallest absolute Gasteiger partial charge is 0.178 e. The van der Waals surface area contributed by atoms with E-state index in [1.54, 1.807) is 0 Å². The van der Waals surface area contributed by atoms with Crippen LogP contribution in [0.25, 0.3) is 0 Å². The number of allylic oxidation sites excluding steroid dienone is 2. The summed E-state index contributed by atoms with van der Waals surface area (Å²) in [5.41, 5.74) is 1.90. The molecule has 0 aliphatic heterocycles. The maximum atomic E-state index is 11.8. The van der Waals surface area contributed by atoms with Gasteiger partial charge in [-0.25, -0.2) is 0 Å². The topological polar surface area (TPSA) is 34.1 Å². The molecular formula is C12H7BrO2. The fraction of sp³-hybridized carbons (Fsp3) is 0.167. The predicted octanol–water partition coefficient (Wildman–Crippen LogP) is 2.08. The zero-order chi connectivity index (χ0) is 10.6. The molecule has 3 heteroatoms. The Hall–Kier alpha value is -1.22. The Kier molecular flexibility index (Phi) is 1.61. The van der Waals surface area contributed by atoms with Crippen molar-refractivity contribution in [2.24, 2.45) is 0 Å². The van der Waals surface area contributed by atoms with Crippen molar-refractivity contribution in [3.63, 3.8) is 0 Å². The summed E-state index contributed by atoms with van der Waals surface area (Å²) < 4.78 is -0.782. The third kappa shape index (κ3) is 0.893. The van der Waals surface area contributed by atoms with Gasteiger partial charge in [-0.3, -0.25) is 9.59 Å². The molecule has 2 nitrogen and oxygen atoms in total. The first kappa shape index (κ1) is 9.04. The molecular weight excluding hydrogens is 256 g/mol. The summed E-state index contributed by atoms with van der Waals surface area (Å²) in [6, 6.07) is 7.57. The summed E-state index contributed by atoms with van der Waals surface area (Å²) in [5, 5.41) is 0. The molecule has 15 heavy (non-hydrogen) atoms. The van der Waals surface area contributed by atoms with Crippen LogP contribution in [0.15, 0.2) is 36.4 Å². The van der Waals surface area contributed by atoms with Crippen molar-refractivity contribution in [1.29, 1.82) is 0 Å². The average Bonchev–Trinajstić information content (AvgIpc) is 2.23. The second-order valence-corrected chi connectivity index (χ2v) is 5.08. The average molecular weight is 263 g/mol. The molecule has 2 aliphatic rings. The molecule has 2 atom stereocenters. The molecule has 0 N–H and O–H groups in total. The van der Waals surface area contributed by atoms with Crippen molar-refractivity contribution in [1.82, 2.24) is 0 Å². The lowest BCUT2D eigenvalue weighted by atomic mass is 9.62. The van der Waals surface area contributed by atoms with Gasteiger partial charge in [-0.1, -0.05) is 40.2 Å². The van der Waals surface area contributed by atoms with Gasteiger partial charge >= 0.3 is 0 Å². The van der Waals surface area contributed by atoms with Crippen LogP contribution in [0.4, 0.5) is 0 Å². The van der Waals surface area contributed by atoms with Gasteiger partial charge in [0.2, 0.25) is 0 Å². The highest BCUT2D eigenvalue weighted by atomic mass is 79.9. The van der Waals surface area contributed by atoms with E-state index in [1.165, 1.54) is 12.2 Å². The van der Waals surface area contributed by atoms with Crippen molar-refractivity contribution < 1.29 is 9.59 Å². The fourth-order valence-electron chi connectivity index (χ4n) is 2.37. The molecule has 0 bridgehead atoms. The molecule has 0 saturated heterocycles. The van der Waals surface area contributed by atoms with Crippen LogP contribution in [0.2, 0.25) is 0 Å². The Morgan fingerprint density at radius 3 is 2.67 bits per heavy atom. The van der Waals surface area contributed by atoms with Crippen LogP contribution in [-0.4, -0.2) is 11.6 Å². The number of hydrogen-bond donors (Lipinski definition) is 0. The quantitative estimate of drug-likeness (QED) is 0.671. The molecule has 0 radical (unpaired) electrons. The number of benzene rings is 1. The van der Waals surface area contributed by atoms with Gasteiger partial charge in [0, 0.05) is 0 Å². The van der Waals surface area contributed by atoms with Crippen LogP contribution in [-0.2, 0) is 13.9 Å². The van der Waals surface area contributed by atoms with Crippen LogP contribution in [0.1, 0.15) is 17.0 Å². The maximum absolute atomic E-state index is 11.8. The largest absolute Gasteiger partial charge is 0.294 e. The Morgan fingerprint density at radius 1 is 1.13 bits per heavy atom. The zero-order valence-corrected chi connectivity index (χ0v) is 9.32. The first-order valence-electron chi connectivity index (χ1n) is 4.70. The van der Waals surface area contributed by atoms with Crippen molar-refractivity contribution >= 4 is 27.5 Å². The lowest BCUT2D eigenvalue weighted by Crippen LogP contribution is -2.49. The standard InChI is InChI=1S/C12H7BrO2/c13-12-8-4-2-1-3-7(8)11(12)9(14)5-6-10(12)15/h1-6,11H/t11-,12-/m1/s1. The highest BCUT2D eigenvalue weighted by Gasteiger charge is 2.58. The second kappa shape index (κ2) is 2.67. The predicted molar refractivity (Wildman–Crippen MR) is 58.9 cm³/mol. The lowest BCUT2D eigenvalue weighted by molar-refractivity contribution is -0.126. The van der Waals surface area contributed by atoms with Crippen molar-refractivity contribution in [2.75, 3.05) is 0 Å². The second-order valence-electron chi connectivity index (χ2n) is 3.83. The van der Waals surface area contributed by atoms with E-state index in [-0.39, 0.29) is 17.5 Å². The van der Waals surface area contributed by atoms with Gasteiger partial charge in [-0.05, 0) is 23.3 Å².